The van der Waals surface area contributed by atoms with Gasteiger partial charge in [-0.15, -0.1) is 16.5 Å². The highest BCUT2D eigenvalue weighted by molar-refractivity contribution is 5.72. The highest BCUT2D eigenvalue weighted by Gasteiger charge is 2.56. The van der Waals surface area contributed by atoms with E-state index in [2.05, 4.69) is 91.7 Å². The lowest BCUT2D eigenvalue weighted by molar-refractivity contribution is 0.125. The van der Waals surface area contributed by atoms with Crippen LogP contribution in [0.15, 0.2) is 60.8 Å². The van der Waals surface area contributed by atoms with Crippen LogP contribution in [0.2, 0.25) is 0 Å². The van der Waals surface area contributed by atoms with Gasteiger partial charge in [0.15, 0.2) is 6.07 Å². The van der Waals surface area contributed by atoms with Gasteiger partial charge in [-0.25, -0.2) is 0 Å². The zero-order valence-corrected chi connectivity index (χ0v) is 22.0. The fourth-order valence-corrected chi connectivity index (χ4v) is 5.39. The number of nitriles is 1. The number of hydrogen-bond acceptors (Lipinski definition) is 5. The molecule has 37 heavy (non-hydrogen) atoms. The van der Waals surface area contributed by atoms with Gasteiger partial charge in [-0.1, -0.05) is 71.9 Å². The summed E-state index contributed by atoms with van der Waals surface area (Å²) in [5.41, 5.74) is 7.69. The van der Waals surface area contributed by atoms with Crippen molar-refractivity contribution in [2.75, 3.05) is 0 Å². The number of fused-ring (bicyclic) bond motifs is 1. The van der Waals surface area contributed by atoms with Crippen LogP contribution in [0.25, 0.3) is 38.6 Å². The molecule has 0 amide bonds. The molecule has 6 heteroatoms. The number of hydrogen-bond donors (Lipinski definition) is 0. The summed E-state index contributed by atoms with van der Waals surface area (Å²) in [6.45, 7) is 21.3. The van der Waals surface area contributed by atoms with E-state index >= 15 is 0 Å². The summed E-state index contributed by atoms with van der Waals surface area (Å²) < 4.78 is 0. The van der Waals surface area contributed by atoms with Gasteiger partial charge < -0.3 is 4.85 Å². The third kappa shape index (κ3) is 3.69. The second-order valence-corrected chi connectivity index (χ2v) is 11.2. The maximum atomic E-state index is 9.20. The largest absolute Gasteiger partial charge is 0.394 e. The summed E-state index contributed by atoms with van der Waals surface area (Å²) in [4.78, 5) is 20.2. The average Bonchev–Trinajstić information content (AvgIpc) is 3.02. The standard InChI is InChI=1S/C31H28N6/c1-29(2)23-13-11-20(16-24(23)30(3,4)31(29,5)6)25-14-12-22(18-34-25)19-9-8-10-21(15-19)27-35-26(17-32)36-28(33-7)37-27/h8-16,18H,1-6H3. The molecule has 0 saturated heterocycles. The van der Waals surface area contributed by atoms with Crippen LogP contribution in [-0.2, 0) is 10.8 Å². The van der Waals surface area contributed by atoms with E-state index in [1.807, 2.05) is 36.5 Å². The predicted molar refractivity (Wildman–Crippen MR) is 145 cm³/mol. The van der Waals surface area contributed by atoms with Crippen LogP contribution in [0, 0.1) is 23.3 Å². The summed E-state index contributed by atoms with van der Waals surface area (Å²) in [5, 5.41) is 9.20. The molecule has 5 rings (SSSR count). The molecule has 0 radical (unpaired) electrons. The van der Waals surface area contributed by atoms with Crippen LogP contribution in [0.5, 0.6) is 0 Å². The van der Waals surface area contributed by atoms with Crippen molar-refractivity contribution in [2.24, 2.45) is 5.41 Å². The van der Waals surface area contributed by atoms with Gasteiger partial charge in [0.2, 0.25) is 5.82 Å². The van der Waals surface area contributed by atoms with Crippen molar-refractivity contribution in [3.63, 3.8) is 0 Å². The monoisotopic (exact) mass is 484 g/mol. The molecule has 0 unspecified atom stereocenters. The molecule has 2 aromatic heterocycles. The van der Waals surface area contributed by atoms with Crippen molar-refractivity contribution in [3.05, 3.63) is 89.2 Å². The lowest BCUT2D eigenvalue weighted by Crippen LogP contribution is -2.42. The number of benzene rings is 2. The number of nitrogens with zero attached hydrogens (tertiary/aromatic N) is 6. The molecule has 0 aliphatic heterocycles. The Labute approximate surface area is 217 Å². The van der Waals surface area contributed by atoms with Crippen molar-refractivity contribution in [1.82, 2.24) is 19.9 Å². The summed E-state index contributed by atoms with van der Waals surface area (Å²) in [7, 11) is 0. The minimum Gasteiger partial charge on any atom is -0.394 e. The number of rotatable bonds is 3. The molecule has 182 valence electrons. The Morgan fingerprint density at radius 3 is 2.14 bits per heavy atom. The first-order valence-corrected chi connectivity index (χ1v) is 12.3. The van der Waals surface area contributed by atoms with Crippen molar-refractivity contribution >= 4 is 5.95 Å². The van der Waals surface area contributed by atoms with Gasteiger partial charge in [0.1, 0.15) is 0 Å². The molecule has 0 saturated carbocycles. The van der Waals surface area contributed by atoms with Crippen LogP contribution < -0.4 is 0 Å². The second kappa shape index (κ2) is 8.32. The minimum atomic E-state index is -0.0951. The van der Waals surface area contributed by atoms with E-state index < -0.39 is 0 Å². The summed E-state index contributed by atoms with van der Waals surface area (Å²) in [5.74, 6) is 0.134. The van der Waals surface area contributed by atoms with Gasteiger partial charge >= 0.3 is 5.95 Å². The van der Waals surface area contributed by atoms with Gasteiger partial charge in [-0.2, -0.15) is 10.2 Å². The van der Waals surface area contributed by atoms with Crippen molar-refractivity contribution < 1.29 is 0 Å². The van der Waals surface area contributed by atoms with Gasteiger partial charge in [0.05, 0.1) is 5.69 Å². The Bertz CT molecular complexity index is 1580. The zero-order chi connectivity index (χ0) is 26.6. The molecule has 0 spiro atoms. The quantitative estimate of drug-likeness (QED) is 0.285. The summed E-state index contributed by atoms with van der Waals surface area (Å²) in [6.07, 6.45) is 1.87. The number of aromatic nitrogens is 4. The first kappa shape index (κ1) is 24.3. The molecule has 2 heterocycles. The fourth-order valence-electron chi connectivity index (χ4n) is 5.39. The maximum absolute atomic E-state index is 9.20. The Hall–Kier alpha value is -4.42. The van der Waals surface area contributed by atoms with Crippen LogP contribution >= 0.6 is 0 Å². The molecule has 4 aromatic rings. The highest BCUT2D eigenvalue weighted by Crippen LogP contribution is 2.61. The second-order valence-electron chi connectivity index (χ2n) is 11.2. The molecular weight excluding hydrogens is 456 g/mol. The van der Waals surface area contributed by atoms with E-state index in [1.165, 1.54) is 11.1 Å². The third-order valence-corrected chi connectivity index (χ3v) is 8.83. The van der Waals surface area contributed by atoms with E-state index in [4.69, 9.17) is 11.6 Å². The highest BCUT2D eigenvalue weighted by atomic mass is 15.1. The minimum absolute atomic E-state index is 0.0375. The Morgan fingerprint density at radius 1 is 0.757 bits per heavy atom. The lowest BCUT2D eigenvalue weighted by atomic mass is 9.59. The first-order chi connectivity index (χ1) is 17.5. The molecule has 6 nitrogen and oxygen atoms in total. The van der Waals surface area contributed by atoms with E-state index in [9.17, 15) is 5.26 Å². The molecule has 0 atom stereocenters. The average molecular weight is 485 g/mol. The first-order valence-electron chi connectivity index (χ1n) is 12.3. The zero-order valence-electron chi connectivity index (χ0n) is 22.0. The van der Waals surface area contributed by atoms with Crippen LogP contribution in [0.1, 0.15) is 58.5 Å². The molecule has 0 bridgehead atoms. The molecular formula is C31H28N6. The van der Waals surface area contributed by atoms with Gasteiger partial charge in [-0.05, 0) is 57.2 Å². The normalized spacial score (nSPS) is 16.4. The molecule has 0 N–H and O–H groups in total. The summed E-state index contributed by atoms with van der Waals surface area (Å²) >= 11 is 0. The lowest BCUT2D eigenvalue weighted by Gasteiger charge is -2.44. The van der Waals surface area contributed by atoms with Crippen molar-refractivity contribution in [3.8, 4) is 39.8 Å². The van der Waals surface area contributed by atoms with Crippen molar-refractivity contribution in [1.29, 1.82) is 5.26 Å². The fraction of sp³-hybridized carbons (Fsp3) is 0.290. The van der Waals surface area contributed by atoms with E-state index in [1.54, 1.807) is 0 Å². The third-order valence-electron chi connectivity index (χ3n) is 8.83. The van der Waals surface area contributed by atoms with Crippen LogP contribution in [-0.4, -0.2) is 19.9 Å². The van der Waals surface area contributed by atoms with Gasteiger partial charge in [0.25, 0.3) is 5.82 Å². The maximum Gasteiger partial charge on any atom is 0.376 e. The smallest absolute Gasteiger partial charge is 0.376 e. The van der Waals surface area contributed by atoms with E-state index in [-0.39, 0.29) is 28.0 Å². The van der Waals surface area contributed by atoms with E-state index in [0.717, 1.165) is 22.4 Å². The summed E-state index contributed by atoms with van der Waals surface area (Å²) in [6, 6.07) is 20.5. The molecule has 1 aliphatic carbocycles. The van der Waals surface area contributed by atoms with Crippen LogP contribution in [0.4, 0.5) is 5.95 Å². The molecule has 2 aromatic carbocycles. The Kier molecular flexibility index (Phi) is 5.46. The Morgan fingerprint density at radius 2 is 1.46 bits per heavy atom. The molecule has 1 aliphatic rings. The predicted octanol–water partition coefficient (Wildman–Crippen LogP) is 7.29. The van der Waals surface area contributed by atoms with Crippen molar-refractivity contribution in [2.45, 2.75) is 52.4 Å². The van der Waals surface area contributed by atoms with Crippen LogP contribution in [0.3, 0.4) is 0 Å². The van der Waals surface area contributed by atoms with Gasteiger partial charge in [0, 0.05) is 22.9 Å². The number of pyridine rings is 1. The Balaban J connectivity index is 1.49. The molecule has 0 fully saturated rings. The topological polar surface area (TPSA) is 79.7 Å². The SMILES string of the molecule is [C-]#[N+]c1nc(C#N)nc(-c2cccc(-c3ccc(-c4ccc5c(c4)C(C)(C)C(C)(C)C5(C)C)nc3)c2)n1. The van der Waals surface area contributed by atoms with E-state index in [0.29, 0.717) is 11.4 Å². The van der Waals surface area contributed by atoms with Gasteiger partial charge in [-0.3, -0.25) is 4.98 Å².